The molecule has 31 heavy (non-hydrogen) atoms. The zero-order valence-corrected chi connectivity index (χ0v) is 17.9. The van der Waals surface area contributed by atoms with E-state index in [-0.39, 0.29) is 45.8 Å². The number of esters is 1. The molecule has 3 rings (SSSR count). The SMILES string of the molecule is CCC[C@H](C)C(=O)Nc1c(C(=O)Nc2ccc(Cl)cn2)oc2cc(C(=O)OC)cnc12. The number of rotatable bonds is 7. The number of aromatic nitrogens is 2. The van der Waals surface area contributed by atoms with Crippen molar-refractivity contribution in [2.24, 2.45) is 5.92 Å². The molecule has 0 aliphatic heterocycles. The fraction of sp³-hybridized carbons (Fsp3) is 0.286. The third kappa shape index (κ3) is 5.00. The van der Waals surface area contributed by atoms with Crippen molar-refractivity contribution in [2.45, 2.75) is 26.7 Å². The Morgan fingerprint density at radius 1 is 1.19 bits per heavy atom. The molecule has 2 N–H and O–H groups in total. The fourth-order valence-electron chi connectivity index (χ4n) is 2.92. The topological polar surface area (TPSA) is 123 Å². The van der Waals surface area contributed by atoms with Crippen LogP contribution in [-0.4, -0.2) is 34.9 Å². The molecule has 1 atom stereocenters. The highest BCUT2D eigenvalue weighted by Crippen LogP contribution is 2.31. The summed E-state index contributed by atoms with van der Waals surface area (Å²) in [5.74, 6) is -1.73. The zero-order chi connectivity index (χ0) is 22.5. The van der Waals surface area contributed by atoms with Gasteiger partial charge in [-0.25, -0.2) is 14.8 Å². The smallest absolute Gasteiger partial charge is 0.339 e. The van der Waals surface area contributed by atoms with Crippen LogP contribution in [0.15, 0.2) is 35.0 Å². The van der Waals surface area contributed by atoms with E-state index in [0.29, 0.717) is 11.4 Å². The molecule has 0 unspecified atom stereocenters. The first-order valence-electron chi connectivity index (χ1n) is 9.58. The molecule has 162 valence electrons. The summed E-state index contributed by atoms with van der Waals surface area (Å²) >= 11 is 5.82. The number of nitrogens with one attached hydrogen (secondary N) is 2. The molecule has 0 bridgehead atoms. The van der Waals surface area contributed by atoms with Crippen LogP contribution in [0.4, 0.5) is 11.5 Å². The Bertz CT molecular complexity index is 1130. The highest BCUT2D eigenvalue weighted by Gasteiger charge is 2.26. The first kappa shape index (κ1) is 22.2. The van der Waals surface area contributed by atoms with Gasteiger partial charge < -0.3 is 19.8 Å². The van der Waals surface area contributed by atoms with Crippen molar-refractivity contribution in [3.63, 3.8) is 0 Å². The van der Waals surface area contributed by atoms with Gasteiger partial charge in [0, 0.05) is 18.3 Å². The van der Waals surface area contributed by atoms with E-state index in [0.717, 1.165) is 6.42 Å². The minimum absolute atomic E-state index is 0.117. The third-order valence-corrected chi connectivity index (χ3v) is 4.77. The Morgan fingerprint density at radius 2 is 1.97 bits per heavy atom. The summed E-state index contributed by atoms with van der Waals surface area (Å²) in [6.45, 7) is 3.77. The number of hydrogen-bond donors (Lipinski definition) is 2. The largest absolute Gasteiger partial charge is 0.465 e. The molecule has 9 nitrogen and oxygen atoms in total. The Hall–Kier alpha value is -3.46. The van der Waals surface area contributed by atoms with Gasteiger partial charge in [0.15, 0.2) is 5.58 Å². The van der Waals surface area contributed by atoms with Gasteiger partial charge in [-0.2, -0.15) is 0 Å². The molecule has 2 amide bonds. The van der Waals surface area contributed by atoms with Crippen LogP contribution in [0.5, 0.6) is 0 Å². The number of carbonyl (C=O) groups is 3. The van der Waals surface area contributed by atoms with Crippen LogP contribution in [0, 0.1) is 5.92 Å². The third-order valence-electron chi connectivity index (χ3n) is 4.54. The normalized spacial score (nSPS) is 11.7. The van der Waals surface area contributed by atoms with E-state index >= 15 is 0 Å². The van der Waals surface area contributed by atoms with Crippen LogP contribution >= 0.6 is 11.6 Å². The molecule has 10 heteroatoms. The van der Waals surface area contributed by atoms with E-state index < -0.39 is 11.9 Å². The lowest BCUT2D eigenvalue weighted by Crippen LogP contribution is -2.22. The minimum atomic E-state index is -0.647. The van der Waals surface area contributed by atoms with E-state index in [2.05, 4.69) is 20.6 Å². The summed E-state index contributed by atoms with van der Waals surface area (Å²) < 4.78 is 10.4. The molecule has 0 aromatic carbocycles. The maximum Gasteiger partial charge on any atom is 0.339 e. The van der Waals surface area contributed by atoms with E-state index in [9.17, 15) is 14.4 Å². The molecule has 0 aliphatic rings. The van der Waals surface area contributed by atoms with Crippen molar-refractivity contribution in [2.75, 3.05) is 17.7 Å². The van der Waals surface area contributed by atoms with Crippen LogP contribution < -0.4 is 10.6 Å². The number of ether oxygens (including phenoxy) is 1. The van der Waals surface area contributed by atoms with E-state index in [1.165, 1.54) is 31.6 Å². The fourth-order valence-corrected chi connectivity index (χ4v) is 3.03. The van der Waals surface area contributed by atoms with E-state index in [1.54, 1.807) is 13.0 Å². The quantitative estimate of drug-likeness (QED) is 0.521. The van der Waals surface area contributed by atoms with Gasteiger partial charge in [-0.05, 0) is 24.6 Å². The van der Waals surface area contributed by atoms with Gasteiger partial charge in [0.2, 0.25) is 11.7 Å². The van der Waals surface area contributed by atoms with Crippen LogP contribution in [0.2, 0.25) is 5.02 Å². The molecular formula is C21H21ClN4O5. The molecule has 0 saturated carbocycles. The molecule has 3 aromatic rings. The lowest BCUT2D eigenvalue weighted by atomic mass is 10.1. The van der Waals surface area contributed by atoms with Crippen molar-refractivity contribution in [3.05, 3.63) is 46.9 Å². The Morgan fingerprint density at radius 3 is 2.61 bits per heavy atom. The average molecular weight is 445 g/mol. The molecule has 0 fully saturated rings. The first-order chi connectivity index (χ1) is 14.8. The number of fused-ring (bicyclic) bond motifs is 1. The molecule has 3 aromatic heterocycles. The maximum atomic E-state index is 12.9. The zero-order valence-electron chi connectivity index (χ0n) is 17.2. The molecule has 0 saturated heterocycles. The average Bonchev–Trinajstić information content (AvgIpc) is 3.12. The van der Waals surface area contributed by atoms with Gasteiger partial charge in [0.1, 0.15) is 17.0 Å². The highest BCUT2D eigenvalue weighted by atomic mass is 35.5. The van der Waals surface area contributed by atoms with Crippen molar-refractivity contribution in [3.8, 4) is 0 Å². The predicted molar refractivity (Wildman–Crippen MR) is 115 cm³/mol. The van der Waals surface area contributed by atoms with Gasteiger partial charge in [0.25, 0.3) is 5.91 Å². The first-order valence-corrected chi connectivity index (χ1v) is 9.96. The van der Waals surface area contributed by atoms with Crippen molar-refractivity contribution in [1.82, 2.24) is 9.97 Å². The Balaban J connectivity index is 2.01. The van der Waals surface area contributed by atoms with Gasteiger partial charge >= 0.3 is 5.97 Å². The number of halogens is 1. The Labute approximate surface area is 183 Å². The standard InChI is InChI=1S/C21H21ClN4O5/c1-4-5-11(2)19(27)26-17-16-14(8-12(9-24-16)21(29)30-3)31-18(17)20(28)25-15-7-6-13(22)10-23-15/h6-11H,4-5H2,1-3H3,(H,26,27)(H,23,25,28)/t11-/m0/s1. The molecule has 0 aliphatic carbocycles. The van der Waals surface area contributed by atoms with Crippen LogP contribution in [0.1, 0.15) is 47.6 Å². The van der Waals surface area contributed by atoms with Crippen molar-refractivity contribution >= 4 is 52.0 Å². The lowest BCUT2D eigenvalue weighted by molar-refractivity contribution is -0.119. The molecular weight excluding hydrogens is 424 g/mol. The summed E-state index contributed by atoms with van der Waals surface area (Å²) in [7, 11) is 1.24. The molecule has 0 radical (unpaired) electrons. The van der Waals surface area contributed by atoms with Crippen LogP contribution in [-0.2, 0) is 9.53 Å². The van der Waals surface area contributed by atoms with E-state index in [1.807, 2.05) is 6.92 Å². The Kier molecular flexibility index (Phi) is 6.86. The number of amides is 2. The number of pyridine rings is 2. The van der Waals surface area contributed by atoms with Gasteiger partial charge in [0.05, 0.1) is 17.7 Å². The predicted octanol–water partition coefficient (Wildman–Crippen LogP) is 4.29. The maximum absolute atomic E-state index is 12.9. The molecule has 3 heterocycles. The van der Waals surface area contributed by atoms with Gasteiger partial charge in [-0.15, -0.1) is 0 Å². The van der Waals surface area contributed by atoms with Crippen LogP contribution in [0.25, 0.3) is 11.1 Å². The number of nitrogens with zero attached hydrogens (tertiary/aromatic N) is 2. The van der Waals surface area contributed by atoms with Gasteiger partial charge in [-0.3, -0.25) is 9.59 Å². The van der Waals surface area contributed by atoms with Crippen LogP contribution in [0.3, 0.4) is 0 Å². The lowest BCUT2D eigenvalue weighted by Gasteiger charge is -2.11. The van der Waals surface area contributed by atoms with Gasteiger partial charge in [-0.1, -0.05) is 31.9 Å². The van der Waals surface area contributed by atoms with Crippen molar-refractivity contribution < 1.29 is 23.5 Å². The summed E-state index contributed by atoms with van der Waals surface area (Å²) in [5.41, 5.74) is 0.646. The number of carbonyl (C=O) groups excluding carboxylic acids is 3. The monoisotopic (exact) mass is 444 g/mol. The second kappa shape index (κ2) is 9.57. The highest BCUT2D eigenvalue weighted by molar-refractivity contribution is 6.30. The number of hydrogen-bond acceptors (Lipinski definition) is 7. The van der Waals surface area contributed by atoms with E-state index in [4.69, 9.17) is 20.8 Å². The second-order valence-electron chi connectivity index (χ2n) is 6.86. The van der Waals surface area contributed by atoms with Crippen molar-refractivity contribution in [1.29, 1.82) is 0 Å². The number of methoxy groups -OCH3 is 1. The summed E-state index contributed by atoms with van der Waals surface area (Å²) in [4.78, 5) is 45.6. The molecule has 0 spiro atoms. The minimum Gasteiger partial charge on any atom is -0.465 e. The summed E-state index contributed by atoms with van der Waals surface area (Å²) in [5, 5.41) is 5.75. The summed E-state index contributed by atoms with van der Waals surface area (Å²) in [6, 6.07) is 4.50. The summed E-state index contributed by atoms with van der Waals surface area (Å²) in [6.07, 6.45) is 4.18. The number of furan rings is 1. The second-order valence-corrected chi connectivity index (χ2v) is 7.30. The number of anilines is 2.